The smallest absolute Gasteiger partial charge is 0.275 e. The number of hydrogen-bond acceptors (Lipinski definition) is 6. The Morgan fingerprint density at radius 1 is 1.07 bits per heavy atom. The highest BCUT2D eigenvalue weighted by Gasteiger charge is 2.15. The predicted molar refractivity (Wildman–Crippen MR) is 104 cm³/mol. The van der Waals surface area contributed by atoms with E-state index >= 15 is 0 Å². The molecule has 3 N–H and O–H groups in total. The molecule has 0 aliphatic rings. The summed E-state index contributed by atoms with van der Waals surface area (Å²) >= 11 is 1.35. The molecular formula is C19H17N3O4S. The molecule has 138 valence electrons. The van der Waals surface area contributed by atoms with E-state index in [0.29, 0.717) is 16.4 Å². The lowest BCUT2D eigenvalue weighted by Gasteiger charge is -2.10. The average Bonchev–Trinajstić information content (AvgIpc) is 3.18. The van der Waals surface area contributed by atoms with Gasteiger partial charge >= 0.3 is 0 Å². The number of rotatable bonds is 6. The minimum absolute atomic E-state index is 0.261. The van der Waals surface area contributed by atoms with E-state index in [2.05, 4.69) is 10.3 Å². The summed E-state index contributed by atoms with van der Waals surface area (Å²) in [5, 5.41) is 5.08. The van der Waals surface area contributed by atoms with E-state index in [9.17, 15) is 9.59 Å². The van der Waals surface area contributed by atoms with Crippen LogP contribution in [0.1, 0.15) is 20.8 Å². The topological polar surface area (TPSA) is 104 Å². The number of ether oxygens (including phenoxy) is 2. The van der Waals surface area contributed by atoms with Gasteiger partial charge in [-0.15, -0.1) is 11.3 Å². The minimum atomic E-state index is -0.594. The summed E-state index contributed by atoms with van der Waals surface area (Å²) in [4.78, 5) is 28.3. The number of thiazole rings is 1. The highest BCUT2D eigenvalue weighted by atomic mass is 32.1. The third kappa shape index (κ3) is 4.06. The van der Waals surface area contributed by atoms with Crippen molar-refractivity contribution in [1.29, 1.82) is 0 Å². The zero-order chi connectivity index (χ0) is 19.4. The molecule has 7 nitrogen and oxygen atoms in total. The van der Waals surface area contributed by atoms with Crippen molar-refractivity contribution in [3.63, 3.8) is 0 Å². The molecule has 0 bridgehead atoms. The number of primary amides is 1. The van der Waals surface area contributed by atoms with E-state index in [4.69, 9.17) is 15.2 Å². The fourth-order valence-electron chi connectivity index (χ4n) is 2.39. The van der Waals surface area contributed by atoms with Gasteiger partial charge in [-0.3, -0.25) is 9.59 Å². The Kier molecular flexibility index (Phi) is 5.37. The van der Waals surface area contributed by atoms with Gasteiger partial charge < -0.3 is 20.5 Å². The lowest BCUT2D eigenvalue weighted by atomic mass is 10.1. The van der Waals surface area contributed by atoms with Gasteiger partial charge in [0.15, 0.2) is 0 Å². The Bertz CT molecular complexity index is 983. The maximum atomic E-state index is 12.5. The van der Waals surface area contributed by atoms with E-state index < -0.39 is 11.8 Å². The predicted octanol–water partition coefficient (Wildman–Crippen LogP) is 3.18. The van der Waals surface area contributed by atoms with Crippen LogP contribution in [0, 0.1) is 0 Å². The lowest BCUT2D eigenvalue weighted by Crippen LogP contribution is -2.15. The Balaban J connectivity index is 1.82. The Hall–Kier alpha value is -3.39. The van der Waals surface area contributed by atoms with Gasteiger partial charge in [-0.2, -0.15) is 0 Å². The number of aromatic nitrogens is 1. The zero-order valence-corrected chi connectivity index (χ0v) is 15.5. The van der Waals surface area contributed by atoms with Crippen molar-refractivity contribution < 1.29 is 19.1 Å². The quantitative estimate of drug-likeness (QED) is 0.680. The van der Waals surface area contributed by atoms with Crippen LogP contribution in [-0.2, 0) is 0 Å². The molecule has 0 unspecified atom stereocenters. The summed E-state index contributed by atoms with van der Waals surface area (Å²) in [6.45, 7) is 0. The number of hydrogen-bond donors (Lipinski definition) is 2. The number of amides is 2. The molecule has 0 radical (unpaired) electrons. The number of nitrogens with zero attached hydrogens (tertiary/aromatic N) is 1. The van der Waals surface area contributed by atoms with Crippen LogP contribution in [-0.4, -0.2) is 31.0 Å². The highest BCUT2D eigenvalue weighted by molar-refractivity contribution is 7.13. The number of carbonyl (C=O) groups excluding carboxylic acids is 2. The van der Waals surface area contributed by atoms with Crippen LogP contribution in [0.15, 0.2) is 47.8 Å². The molecule has 0 atom stereocenters. The maximum absolute atomic E-state index is 12.5. The zero-order valence-electron chi connectivity index (χ0n) is 14.7. The molecule has 3 rings (SSSR count). The van der Waals surface area contributed by atoms with Crippen molar-refractivity contribution in [2.24, 2.45) is 5.73 Å². The fraction of sp³-hybridized carbons (Fsp3) is 0.105. The second-order valence-corrected chi connectivity index (χ2v) is 6.36. The van der Waals surface area contributed by atoms with Crippen LogP contribution in [0.25, 0.3) is 10.6 Å². The first-order chi connectivity index (χ1) is 13.0. The Morgan fingerprint density at radius 3 is 2.44 bits per heavy atom. The van der Waals surface area contributed by atoms with Crippen molar-refractivity contribution >= 4 is 28.8 Å². The molecule has 0 fully saturated rings. The molecule has 1 aromatic heterocycles. The van der Waals surface area contributed by atoms with Gasteiger partial charge in [0, 0.05) is 16.5 Å². The van der Waals surface area contributed by atoms with E-state index in [0.717, 1.165) is 11.3 Å². The second-order valence-electron chi connectivity index (χ2n) is 5.50. The second kappa shape index (κ2) is 7.88. The van der Waals surface area contributed by atoms with Gasteiger partial charge in [0.1, 0.15) is 22.2 Å². The monoisotopic (exact) mass is 383 g/mol. The van der Waals surface area contributed by atoms with Crippen molar-refractivity contribution in [1.82, 2.24) is 4.98 Å². The van der Waals surface area contributed by atoms with Crippen molar-refractivity contribution in [2.45, 2.75) is 0 Å². The molecule has 1 heterocycles. The summed E-state index contributed by atoms with van der Waals surface area (Å²) in [5.74, 6) is 0.156. The van der Waals surface area contributed by atoms with Crippen LogP contribution in [0.2, 0.25) is 0 Å². The van der Waals surface area contributed by atoms with Gasteiger partial charge in [-0.05, 0) is 42.5 Å². The first kappa shape index (κ1) is 18.4. The molecule has 0 spiro atoms. The average molecular weight is 383 g/mol. The first-order valence-corrected chi connectivity index (χ1v) is 8.79. The Morgan fingerprint density at radius 2 is 1.81 bits per heavy atom. The standard InChI is InChI=1S/C19H17N3O4S/c1-25-13-6-3-11(4-7-13)19-22-15(10-27-19)18(24)21-14-9-12(17(20)23)5-8-16(14)26-2/h3-10H,1-2H3,(H2,20,23)(H,21,24). The summed E-state index contributed by atoms with van der Waals surface area (Å²) in [6.07, 6.45) is 0. The maximum Gasteiger partial charge on any atom is 0.275 e. The lowest BCUT2D eigenvalue weighted by molar-refractivity contribution is 0.0995. The van der Waals surface area contributed by atoms with Gasteiger partial charge in [-0.25, -0.2) is 4.98 Å². The number of nitrogens with one attached hydrogen (secondary N) is 1. The van der Waals surface area contributed by atoms with Gasteiger partial charge in [0.25, 0.3) is 5.91 Å². The summed E-state index contributed by atoms with van der Waals surface area (Å²) in [5.41, 5.74) is 7.05. The van der Waals surface area contributed by atoms with Crippen LogP contribution in [0.3, 0.4) is 0 Å². The molecule has 8 heteroatoms. The summed E-state index contributed by atoms with van der Waals surface area (Å²) in [6, 6.07) is 12.0. The van der Waals surface area contributed by atoms with E-state index in [1.54, 1.807) is 18.6 Å². The van der Waals surface area contributed by atoms with Crippen molar-refractivity contribution in [3.05, 3.63) is 59.1 Å². The number of nitrogens with two attached hydrogens (primary N) is 1. The SMILES string of the molecule is COc1ccc(-c2nc(C(=O)Nc3cc(C(N)=O)ccc3OC)cs2)cc1. The van der Waals surface area contributed by atoms with E-state index in [1.165, 1.54) is 30.6 Å². The number of benzene rings is 2. The molecular weight excluding hydrogens is 366 g/mol. The molecule has 27 heavy (non-hydrogen) atoms. The van der Waals surface area contributed by atoms with Crippen LogP contribution < -0.4 is 20.5 Å². The number of methoxy groups -OCH3 is 2. The van der Waals surface area contributed by atoms with Gasteiger partial charge in [0.2, 0.25) is 5.91 Å². The number of anilines is 1. The Labute approximate surface area is 159 Å². The van der Waals surface area contributed by atoms with Crippen molar-refractivity contribution in [3.8, 4) is 22.1 Å². The highest BCUT2D eigenvalue weighted by Crippen LogP contribution is 2.28. The molecule has 0 aliphatic carbocycles. The molecule has 0 saturated heterocycles. The molecule has 2 amide bonds. The van der Waals surface area contributed by atoms with Crippen LogP contribution in [0.5, 0.6) is 11.5 Å². The summed E-state index contributed by atoms with van der Waals surface area (Å²) in [7, 11) is 3.07. The van der Waals surface area contributed by atoms with Gasteiger partial charge in [0.05, 0.1) is 19.9 Å². The van der Waals surface area contributed by atoms with E-state index in [1.807, 2.05) is 24.3 Å². The largest absolute Gasteiger partial charge is 0.497 e. The fourth-order valence-corrected chi connectivity index (χ4v) is 3.20. The summed E-state index contributed by atoms with van der Waals surface area (Å²) < 4.78 is 10.4. The third-order valence-corrected chi connectivity index (χ3v) is 4.70. The molecule has 3 aromatic rings. The number of carbonyl (C=O) groups is 2. The van der Waals surface area contributed by atoms with Crippen LogP contribution >= 0.6 is 11.3 Å². The first-order valence-electron chi connectivity index (χ1n) is 7.91. The van der Waals surface area contributed by atoms with Crippen molar-refractivity contribution in [2.75, 3.05) is 19.5 Å². The minimum Gasteiger partial charge on any atom is -0.497 e. The molecule has 0 aliphatic heterocycles. The third-order valence-electron chi connectivity index (χ3n) is 3.81. The molecule has 0 saturated carbocycles. The molecule has 2 aromatic carbocycles. The van der Waals surface area contributed by atoms with Crippen LogP contribution in [0.4, 0.5) is 5.69 Å². The van der Waals surface area contributed by atoms with Gasteiger partial charge in [-0.1, -0.05) is 0 Å². The van der Waals surface area contributed by atoms with E-state index in [-0.39, 0.29) is 11.3 Å². The normalized spacial score (nSPS) is 10.3.